The SMILES string of the molecule is C.Cn1cc(S(=O)(=O)N2Cc3cc(C#N)ccc3N(Cc3cccnc3)C[C@H]2Cc2ccccc2)cn1. The minimum atomic E-state index is -3.86. The minimum Gasteiger partial charge on any atom is -0.365 e. The van der Waals surface area contributed by atoms with Gasteiger partial charge >= 0.3 is 0 Å². The molecular formula is C28H30N6O2S. The van der Waals surface area contributed by atoms with E-state index in [0.29, 0.717) is 25.1 Å². The number of benzene rings is 2. The molecule has 1 aliphatic heterocycles. The largest absolute Gasteiger partial charge is 0.365 e. The van der Waals surface area contributed by atoms with E-state index in [-0.39, 0.29) is 24.9 Å². The van der Waals surface area contributed by atoms with E-state index in [4.69, 9.17) is 0 Å². The maximum atomic E-state index is 14.0. The van der Waals surface area contributed by atoms with Crippen LogP contribution in [0.2, 0.25) is 0 Å². The van der Waals surface area contributed by atoms with Gasteiger partial charge in [0.25, 0.3) is 0 Å². The van der Waals surface area contributed by atoms with Crippen LogP contribution in [0.25, 0.3) is 0 Å². The van der Waals surface area contributed by atoms with Gasteiger partial charge in [0.15, 0.2) is 0 Å². The van der Waals surface area contributed by atoms with Gasteiger partial charge in [-0.05, 0) is 47.4 Å². The molecule has 0 unspecified atom stereocenters. The van der Waals surface area contributed by atoms with Crippen LogP contribution in [-0.2, 0) is 36.6 Å². The first-order chi connectivity index (χ1) is 17.4. The number of hydrogen-bond acceptors (Lipinski definition) is 6. The zero-order valence-electron chi connectivity index (χ0n) is 19.9. The Morgan fingerprint density at radius 1 is 1.05 bits per heavy atom. The van der Waals surface area contributed by atoms with Gasteiger partial charge in [-0.1, -0.05) is 43.8 Å². The van der Waals surface area contributed by atoms with E-state index in [0.717, 1.165) is 22.4 Å². The summed E-state index contributed by atoms with van der Waals surface area (Å²) in [7, 11) is -2.16. The maximum Gasteiger partial charge on any atom is 0.246 e. The van der Waals surface area contributed by atoms with Gasteiger partial charge in [-0.15, -0.1) is 0 Å². The van der Waals surface area contributed by atoms with Crippen molar-refractivity contribution in [3.63, 3.8) is 0 Å². The highest BCUT2D eigenvalue weighted by molar-refractivity contribution is 7.89. The Morgan fingerprint density at radius 3 is 2.51 bits per heavy atom. The number of anilines is 1. The van der Waals surface area contributed by atoms with Gasteiger partial charge in [-0.2, -0.15) is 14.7 Å². The van der Waals surface area contributed by atoms with E-state index in [2.05, 4.69) is 21.1 Å². The molecule has 0 spiro atoms. The Morgan fingerprint density at radius 2 is 1.84 bits per heavy atom. The van der Waals surface area contributed by atoms with Crippen molar-refractivity contribution < 1.29 is 8.42 Å². The lowest BCUT2D eigenvalue weighted by Crippen LogP contribution is -2.45. The molecule has 0 bridgehead atoms. The van der Waals surface area contributed by atoms with Gasteiger partial charge in [-0.3, -0.25) is 9.67 Å². The number of aryl methyl sites for hydroxylation is 1. The first-order valence-corrected chi connectivity index (χ1v) is 13.1. The highest BCUT2D eigenvalue weighted by Gasteiger charge is 2.37. The van der Waals surface area contributed by atoms with Crippen LogP contribution in [0, 0.1) is 11.3 Å². The number of sulfonamides is 1. The van der Waals surface area contributed by atoms with Gasteiger partial charge in [-0.25, -0.2) is 8.42 Å². The molecule has 37 heavy (non-hydrogen) atoms. The Balaban J connectivity index is 0.00000320. The molecular weight excluding hydrogens is 484 g/mol. The van der Waals surface area contributed by atoms with Crippen LogP contribution in [0.5, 0.6) is 0 Å². The van der Waals surface area contributed by atoms with Crippen molar-refractivity contribution in [3.8, 4) is 6.07 Å². The summed E-state index contributed by atoms with van der Waals surface area (Å²) < 4.78 is 31.0. The monoisotopic (exact) mass is 514 g/mol. The molecule has 3 heterocycles. The van der Waals surface area contributed by atoms with Crippen LogP contribution in [0.3, 0.4) is 0 Å². The number of nitriles is 1. The van der Waals surface area contributed by atoms with E-state index in [9.17, 15) is 13.7 Å². The second kappa shape index (κ2) is 10.9. The fourth-order valence-corrected chi connectivity index (χ4v) is 6.27. The van der Waals surface area contributed by atoms with Crippen LogP contribution in [-0.4, -0.2) is 40.1 Å². The molecule has 1 aliphatic rings. The smallest absolute Gasteiger partial charge is 0.246 e. The maximum absolute atomic E-state index is 14.0. The Hall–Kier alpha value is -4.00. The first kappa shape index (κ1) is 26.1. The molecule has 5 rings (SSSR count). The average molecular weight is 515 g/mol. The van der Waals surface area contributed by atoms with Crippen LogP contribution >= 0.6 is 0 Å². The van der Waals surface area contributed by atoms with Crippen molar-refractivity contribution in [1.82, 2.24) is 19.1 Å². The summed E-state index contributed by atoms with van der Waals surface area (Å²) in [5, 5.41) is 13.7. The van der Waals surface area contributed by atoms with Gasteiger partial charge in [0.2, 0.25) is 10.0 Å². The summed E-state index contributed by atoms with van der Waals surface area (Å²) in [5.41, 5.74) is 4.28. The molecule has 8 nitrogen and oxygen atoms in total. The third-order valence-electron chi connectivity index (χ3n) is 6.41. The summed E-state index contributed by atoms with van der Waals surface area (Å²) in [6.07, 6.45) is 7.02. The number of hydrogen-bond donors (Lipinski definition) is 0. The molecule has 0 aliphatic carbocycles. The van der Waals surface area contributed by atoms with Crippen molar-refractivity contribution in [2.75, 3.05) is 11.4 Å². The van der Waals surface area contributed by atoms with Gasteiger partial charge in [0.1, 0.15) is 4.90 Å². The highest BCUT2D eigenvalue weighted by Crippen LogP contribution is 2.33. The predicted molar refractivity (Wildman–Crippen MR) is 143 cm³/mol. The summed E-state index contributed by atoms with van der Waals surface area (Å²) in [5.74, 6) is 0. The molecule has 2 aromatic heterocycles. The Labute approximate surface area is 218 Å². The standard InChI is InChI=1S/C27H26N6O2S.CH4/c1-31-20-26(16-30-31)36(34,35)33-18-24-12-22(14-28)9-10-27(24)32(17-23-8-5-11-29-15-23)19-25(33)13-21-6-3-2-4-7-21;/h2-12,15-16,20,25H,13,17-19H2,1H3;1H4/t25-;/m1./s1. The van der Waals surface area contributed by atoms with Crippen molar-refractivity contribution in [3.05, 3.63) is 108 Å². The number of aromatic nitrogens is 3. The summed E-state index contributed by atoms with van der Waals surface area (Å²) in [6.45, 7) is 1.20. The number of pyridine rings is 1. The third-order valence-corrected chi connectivity index (χ3v) is 8.26. The lowest BCUT2D eigenvalue weighted by atomic mass is 10.1. The quantitative estimate of drug-likeness (QED) is 0.384. The van der Waals surface area contributed by atoms with Crippen LogP contribution in [0.1, 0.15) is 29.7 Å². The summed E-state index contributed by atoms with van der Waals surface area (Å²) >= 11 is 0. The Bertz CT molecular complexity index is 1500. The summed E-state index contributed by atoms with van der Waals surface area (Å²) in [4.78, 5) is 6.60. The second-order valence-corrected chi connectivity index (χ2v) is 10.8. The normalized spacial score (nSPS) is 15.8. The summed E-state index contributed by atoms with van der Waals surface area (Å²) in [6, 6.07) is 21.2. The molecule has 0 amide bonds. The lowest BCUT2D eigenvalue weighted by Gasteiger charge is -2.32. The Kier molecular flexibility index (Phi) is 7.71. The topological polar surface area (TPSA) is 95.1 Å². The molecule has 190 valence electrons. The van der Waals surface area contributed by atoms with Crippen LogP contribution in [0.4, 0.5) is 5.69 Å². The average Bonchev–Trinajstić information content (AvgIpc) is 3.28. The molecule has 0 fully saturated rings. The zero-order chi connectivity index (χ0) is 25.1. The molecule has 0 N–H and O–H groups in total. The van der Waals surface area contributed by atoms with Crippen molar-refractivity contribution >= 4 is 15.7 Å². The van der Waals surface area contributed by atoms with E-state index >= 15 is 0 Å². The fourth-order valence-electron chi connectivity index (χ4n) is 4.69. The van der Waals surface area contributed by atoms with E-state index in [1.54, 1.807) is 29.7 Å². The van der Waals surface area contributed by atoms with Crippen molar-refractivity contribution in [2.45, 2.75) is 37.9 Å². The first-order valence-electron chi connectivity index (χ1n) is 11.7. The van der Waals surface area contributed by atoms with Gasteiger partial charge in [0, 0.05) is 57.0 Å². The zero-order valence-corrected chi connectivity index (χ0v) is 20.7. The van der Waals surface area contributed by atoms with E-state index in [1.807, 2.05) is 54.7 Å². The third kappa shape index (κ3) is 5.56. The molecule has 0 saturated heterocycles. The van der Waals surface area contributed by atoms with Crippen LogP contribution in [0.15, 0.2) is 90.3 Å². The molecule has 0 radical (unpaired) electrons. The molecule has 0 saturated carbocycles. The molecule has 2 aromatic carbocycles. The minimum absolute atomic E-state index is 0. The lowest BCUT2D eigenvalue weighted by molar-refractivity contribution is 0.318. The second-order valence-electron chi connectivity index (χ2n) is 8.94. The van der Waals surface area contributed by atoms with Crippen molar-refractivity contribution in [2.24, 2.45) is 7.05 Å². The van der Waals surface area contributed by atoms with E-state index in [1.165, 1.54) is 17.1 Å². The molecule has 1 atom stereocenters. The van der Waals surface area contributed by atoms with Crippen LogP contribution < -0.4 is 4.90 Å². The molecule has 9 heteroatoms. The molecule has 4 aromatic rings. The number of nitrogens with zero attached hydrogens (tertiary/aromatic N) is 6. The predicted octanol–water partition coefficient (Wildman–Crippen LogP) is 4.15. The number of rotatable bonds is 6. The van der Waals surface area contributed by atoms with Crippen molar-refractivity contribution in [1.29, 1.82) is 5.26 Å². The fraction of sp³-hybridized carbons (Fsp3) is 0.250. The number of fused-ring (bicyclic) bond motifs is 1. The van der Waals surface area contributed by atoms with Gasteiger partial charge in [0.05, 0.1) is 17.8 Å². The van der Waals surface area contributed by atoms with E-state index < -0.39 is 10.0 Å². The highest BCUT2D eigenvalue weighted by atomic mass is 32.2. The van der Waals surface area contributed by atoms with Gasteiger partial charge < -0.3 is 4.90 Å².